The van der Waals surface area contributed by atoms with Crippen LogP contribution in [0, 0.1) is 0 Å². The molecule has 0 N–H and O–H groups in total. The first kappa shape index (κ1) is 14.9. The third kappa shape index (κ3) is 2.66. The molecule has 2 heterocycles. The van der Waals surface area contributed by atoms with Gasteiger partial charge in [-0.05, 0) is 35.9 Å². The van der Waals surface area contributed by atoms with E-state index in [0.717, 1.165) is 24.4 Å². The quantitative estimate of drug-likeness (QED) is 0.622. The molecule has 0 saturated carbocycles. The maximum Gasteiger partial charge on any atom is 0.534 e. The maximum atomic E-state index is 12.2. The molecule has 3 rings (SSSR count). The summed E-state index contributed by atoms with van der Waals surface area (Å²) >= 11 is 0. The zero-order chi connectivity index (χ0) is 16.0. The van der Waals surface area contributed by atoms with E-state index in [0.29, 0.717) is 12.1 Å². The highest BCUT2D eigenvalue weighted by Gasteiger charge is 2.48. The first-order valence-corrected chi connectivity index (χ1v) is 7.56. The van der Waals surface area contributed by atoms with Crippen molar-refractivity contribution in [2.75, 3.05) is 13.1 Å². The average Bonchev–Trinajstić information content (AvgIpc) is 2.98. The van der Waals surface area contributed by atoms with Crippen LogP contribution in [0.25, 0.3) is 0 Å². The van der Waals surface area contributed by atoms with Crippen LogP contribution in [-0.4, -0.2) is 42.9 Å². The van der Waals surface area contributed by atoms with E-state index in [1.165, 1.54) is 12.1 Å². The second-order valence-corrected chi connectivity index (χ2v) is 6.14. The van der Waals surface area contributed by atoms with Crippen molar-refractivity contribution in [3.8, 4) is 5.75 Å². The number of hydrazine groups is 1. The number of hydrogen-bond donors (Lipinski definition) is 0. The van der Waals surface area contributed by atoms with Crippen LogP contribution in [0.5, 0.6) is 5.75 Å². The largest absolute Gasteiger partial charge is 0.534 e. The summed E-state index contributed by atoms with van der Waals surface area (Å²) in [6.45, 7) is 1.30. The summed E-state index contributed by atoms with van der Waals surface area (Å²) in [5, 5.41) is 7.94. The zero-order valence-electron chi connectivity index (χ0n) is 11.0. The van der Waals surface area contributed by atoms with Gasteiger partial charge >= 0.3 is 15.6 Å². The second kappa shape index (κ2) is 4.99. The van der Waals surface area contributed by atoms with E-state index in [9.17, 15) is 21.6 Å². The molecular formula is C12H10F3N3O3S. The van der Waals surface area contributed by atoms with Crippen molar-refractivity contribution >= 4 is 15.8 Å². The molecule has 0 fully saturated rings. The van der Waals surface area contributed by atoms with Gasteiger partial charge in [-0.25, -0.2) is 5.12 Å². The van der Waals surface area contributed by atoms with Crippen molar-refractivity contribution in [2.24, 2.45) is 5.10 Å². The standard InChI is InChI=1S/C12H10F3N3O3S/c13-12(14,15)22(19,20)21-10-4-2-9(3-5-10)11-8-17-6-1-7-18(17)16-11/h1-5,7H,6,8H2. The first-order valence-electron chi connectivity index (χ1n) is 6.16. The number of nitrogens with zero attached hydrogens (tertiary/aromatic N) is 3. The number of hydrazone groups is 1. The number of halogens is 3. The maximum absolute atomic E-state index is 12.2. The van der Waals surface area contributed by atoms with Crippen molar-refractivity contribution in [2.45, 2.75) is 5.51 Å². The predicted molar refractivity (Wildman–Crippen MR) is 71.1 cm³/mol. The van der Waals surface area contributed by atoms with Crippen molar-refractivity contribution in [3.05, 3.63) is 42.1 Å². The number of rotatable bonds is 3. The van der Waals surface area contributed by atoms with Gasteiger partial charge in [0.25, 0.3) is 0 Å². The Hall–Kier alpha value is -2.07. The Labute approximate surface area is 124 Å². The molecule has 6 nitrogen and oxygen atoms in total. The summed E-state index contributed by atoms with van der Waals surface area (Å²) in [5.74, 6) is -0.402. The summed E-state index contributed by atoms with van der Waals surface area (Å²) in [4.78, 5) is 0. The molecule has 0 unspecified atom stereocenters. The monoisotopic (exact) mass is 333 g/mol. The highest BCUT2D eigenvalue weighted by Crippen LogP contribution is 2.27. The van der Waals surface area contributed by atoms with Crippen molar-refractivity contribution in [3.63, 3.8) is 0 Å². The second-order valence-electron chi connectivity index (χ2n) is 4.61. The molecule has 1 aromatic rings. The van der Waals surface area contributed by atoms with Gasteiger partial charge in [-0.2, -0.15) is 31.7 Å². The minimum atomic E-state index is -5.65. The summed E-state index contributed by atoms with van der Waals surface area (Å²) in [7, 11) is -5.65. The molecule has 0 bridgehead atoms. The SMILES string of the molecule is O=S(=O)(Oc1ccc(C2=NN3C=CCN3C2)cc1)C(F)(F)F. The van der Waals surface area contributed by atoms with Gasteiger partial charge in [0.1, 0.15) is 5.75 Å². The van der Waals surface area contributed by atoms with Gasteiger partial charge in [0.2, 0.25) is 0 Å². The lowest BCUT2D eigenvalue weighted by atomic mass is 10.1. The molecule has 118 valence electrons. The van der Waals surface area contributed by atoms with Gasteiger partial charge in [-0.15, -0.1) is 0 Å². The average molecular weight is 333 g/mol. The van der Waals surface area contributed by atoms with Gasteiger partial charge in [-0.1, -0.05) is 0 Å². The molecule has 0 amide bonds. The van der Waals surface area contributed by atoms with E-state index in [2.05, 4.69) is 9.28 Å². The minimum absolute atomic E-state index is 0.402. The molecule has 0 spiro atoms. The van der Waals surface area contributed by atoms with Gasteiger partial charge in [-0.3, -0.25) is 0 Å². The Balaban J connectivity index is 1.76. The van der Waals surface area contributed by atoms with E-state index in [1.807, 2.05) is 11.1 Å². The topological polar surface area (TPSA) is 62.2 Å². The third-order valence-electron chi connectivity index (χ3n) is 3.08. The molecule has 0 atom stereocenters. The highest BCUT2D eigenvalue weighted by atomic mass is 32.2. The number of fused-ring (bicyclic) bond motifs is 1. The van der Waals surface area contributed by atoms with E-state index in [-0.39, 0.29) is 0 Å². The van der Waals surface area contributed by atoms with Crippen LogP contribution < -0.4 is 4.18 Å². The predicted octanol–water partition coefficient (Wildman–Crippen LogP) is 1.68. The molecule has 10 heteroatoms. The van der Waals surface area contributed by atoms with Crippen molar-refractivity contribution in [1.82, 2.24) is 10.1 Å². The summed E-state index contributed by atoms with van der Waals surface area (Å²) in [6, 6.07) is 5.26. The molecule has 22 heavy (non-hydrogen) atoms. The third-order valence-corrected chi connectivity index (χ3v) is 4.06. The molecule has 2 aliphatic rings. The van der Waals surface area contributed by atoms with Crippen molar-refractivity contribution in [1.29, 1.82) is 0 Å². The van der Waals surface area contributed by atoms with Crippen LogP contribution in [-0.2, 0) is 10.1 Å². The summed E-state index contributed by atoms with van der Waals surface area (Å²) < 4.78 is 62.5. The number of hydrogen-bond acceptors (Lipinski definition) is 6. The molecule has 0 aromatic heterocycles. The van der Waals surface area contributed by atoms with Gasteiger partial charge < -0.3 is 4.18 Å². The van der Waals surface area contributed by atoms with E-state index in [4.69, 9.17) is 0 Å². The lowest BCUT2D eigenvalue weighted by Crippen LogP contribution is -2.28. The molecule has 0 saturated heterocycles. The fourth-order valence-corrected chi connectivity index (χ4v) is 2.49. The van der Waals surface area contributed by atoms with E-state index >= 15 is 0 Å². The Morgan fingerprint density at radius 3 is 2.45 bits per heavy atom. The van der Waals surface area contributed by atoms with Crippen LogP contribution >= 0.6 is 0 Å². The normalized spacial score (nSPS) is 18.5. The Kier molecular flexibility index (Phi) is 3.37. The fourth-order valence-electron chi connectivity index (χ4n) is 2.03. The lowest BCUT2D eigenvalue weighted by molar-refractivity contribution is -0.0500. The highest BCUT2D eigenvalue weighted by molar-refractivity contribution is 7.88. The van der Waals surface area contributed by atoms with E-state index < -0.39 is 21.4 Å². The van der Waals surface area contributed by atoms with Crippen molar-refractivity contribution < 1.29 is 25.8 Å². The Morgan fingerprint density at radius 1 is 1.18 bits per heavy atom. The molecule has 0 radical (unpaired) electrons. The van der Waals surface area contributed by atoms with Crippen LogP contribution in [0.15, 0.2) is 41.6 Å². The molecule has 1 aromatic carbocycles. The van der Waals surface area contributed by atoms with Crippen LogP contribution in [0.4, 0.5) is 13.2 Å². The number of benzene rings is 1. The lowest BCUT2D eigenvalue weighted by Gasteiger charge is -2.15. The van der Waals surface area contributed by atoms with E-state index in [1.54, 1.807) is 11.3 Å². The number of alkyl halides is 3. The molecule has 2 aliphatic heterocycles. The van der Waals surface area contributed by atoms with Gasteiger partial charge in [0.05, 0.1) is 12.3 Å². The smallest absolute Gasteiger partial charge is 0.376 e. The van der Waals surface area contributed by atoms with Gasteiger partial charge in [0.15, 0.2) is 0 Å². The summed E-state index contributed by atoms with van der Waals surface area (Å²) in [6.07, 6.45) is 3.75. The van der Waals surface area contributed by atoms with Crippen LogP contribution in [0.2, 0.25) is 0 Å². The minimum Gasteiger partial charge on any atom is -0.376 e. The first-order chi connectivity index (χ1) is 10.3. The zero-order valence-corrected chi connectivity index (χ0v) is 11.8. The van der Waals surface area contributed by atoms with Crippen LogP contribution in [0.1, 0.15) is 5.56 Å². The van der Waals surface area contributed by atoms with Crippen LogP contribution in [0.3, 0.4) is 0 Å². The summed E-state index contributed by atoms with van der Waals surface area (Å²) in [5.41, 5.74) is -4.04. The molecular weight excluding hydrogens is 323 g/mol. The molecule has 0 aliphatic carbocycles. The fraction of sp³-hybridized carbons (Fsp3) is 0.250. The Bertz CT molecular complexity index is 741. The Morgan fingerprint density at radius 2 is 1.86 bits per heavy atom. The van der Waals surface area contributed by atoms with Gasteiger partial charge in [0, 0.05) is 12.7 Å².